The second-order valence-electron chi connectivity index (χ2n) is 6.08. The molecule has 0 radical (unpaired) electrons. The number of aliphatic hydroxyl groups is 1. The van der Waals surface area contributed by atoms with Gasteiger partial charge in [0.1, 0.15) is 0 Å². The van der Waals surface area contributed by atoms with Crippen LogP contribution in [0.3, 0.4) is 0 Å². The number of rotatable bonds is 6. The van der Waals surface area contributed by atoms with E-state index in [1.165, 1.54) is 5.56 Å². The fourth-order valence-corrected chi connectivity index (χ4v) is 2.95. The molecule has 2 unspecified atom stereocenters. The van der Waals surface area contributed by atoms with Gasteiger partial charge in [0, 0.05) is 19.1 Å². The molecule has 1 aliphatic heterocycles. The fourth-order valence-electron chi connectivity index (χ4n) is 2.95. The molecule has 0 spiro atoms. The lowest BCUT2D eigenvalue weighted by Crippen LogP contribution is -2.38. The molecule has 2 rings (SSSR count). The number of carbonyl (C=O) groups excluding carboxylic acids is 1. The number of hydrogen-bond donors (Lipinski definition) is 2. The van der Waals surface area contributed by atoms with Crippen LogP contribution in [0.15, 0.2) is 24.3 Å². The topological polar surface area (TPSA) is 58.6 Å². The molecule has 4 nitrogen and oxygen atoms in total. The van der Waals surface area contributed by atoms with Gasteiger partial charge in [-0.2, -0.15) is 0 Å². The maximum Gasteiger partial charge on any atom is 0.223 e. The van der Waals surface area contributed by atoms with E-state index in [0.717, 1.165) is 38.0 Å². The van der Waals surface area contributed by atoms with Crippen molar-refractivity contribution in [2.24, 2.45) is 11.8 Å². The molecule has 2 N–H and O–H groups in total. The minimum atomic E-state index is -0.333. The minimum absolute atomic E-state index is 0.0190. The zero-order valence-corrected chi connectivity index (χ0v) is 13.5. The number of hydrogen-bond acceptors (Lipinski definition) is 3. The zero-order chi connectivity index (χ0) is 15.9. The van der Waals surface area contributed by atoms with Crippen molar-refractivity contribution in [2.75, 3.05) is 19.8 Å². The molecular weight excluding hydrogens is 278 g/mol. The second-order valence-corrected chi connectivity index (χ2v) is 6.08. The van der Waals surface area contributed by atoms with Crippen molar-refractivity contribution < 1.29 is 14.6 Å². The molecule has 22 heavy (non-hydrogen) atoms. The van der Waals surface area contributed by atoms with Crippen molar-refractivity contribution in [3.8, 4) is 0 Å². The van der Waals surface area contributed by atoms with Crippen LogP contribution in [0.4, 0.5) is 0 Å². The largest absolute Gasteiger partial charge is 0.394 e. The summed E-state index contributed by atoms with van der Waals surface area (Å²) < 4.78 is 5.35. The first-order chi connectivity index (χ1) is 10.7. The highest BCUT2D eigenvalue weighted by molar-refractivity contribution is 5.79. The first-order valence-corrected chi connectivity index (χ1v) is 8.23. The number of carbonyl (C=O) groups is 1. The summed E-state index contributed by atoms with van der Waals surface area (Å²) in [6, 6.07) is 7.73. The van der Waals surface area contributed by atoms with Crippen LogP contribution in [0.25, 0.3) is 0 Å². The monoisotopic (exact) mass is 305 g/mol. The molecule has 1 amide bonds. The van der Waals surface area contributed by atoms with Gasteiger partial charge >= 0.3 is 0 Å². The van der Waals surface area contributed by atoms with Crippen LogP contribution >= 0.6 is 0 Å². The molecule has 0 aliphatic carbocycles. The molecule has 122 valence electrons. The Balaban J connectivity index is 1.97. The molecule has 1 aromatic rings. The molecule has 0 saturated carbocycles. The predicted octanol–water partition coefficient (Wildman–Crippen LogP) is 2.46. The normalized spacial score (nSPS) is 18.7. The molecule has 1 heterocycles. The highest BCUT2D eigenvalue weighted by atomic mass is 16.5. The third-order valence-electron chi connectivity index (χ3n) is 4.68. The lowest BCUT2D eigenvalue weighted by Gasteiger charge is -2.28. The molecule has 2 atom stereocenters. The Hall–Kier alpha value is -1.39. The first-order valence-electron chi connectivity index (χ1n) is 8.23. The van der Waals surface area contributed by atoms with Crippen molar-refractivity contribution in [1.29, 1.82) is 0 Å². The van der Waals surface area contributed by atoms with Gasteiger partial charge in [-0.25, -0.2) is 0 Å². The Kier molecular flexibility index (Phi) is 6.40. The smallest absolute Gasteiger partial charge is 0.223 e. The van der Waals surface area contributed by atoms with Gasteiger partial charge in [0.25, 0.3) is 0 Å². The van der Waals surface area contributed by atoms with Gasteiger partial charge in [-0.15, -0.1) is 0 Å². The molecule has 0 bridgehead atoms. The van der Waals surface area contributed by atoms with Crippen LogP contribution in [0.2, 0.25) is 0 Å². The quantitative estimate of drug-likeness (QED) is 0.849. The maximum absolute atomic E-state index is 12.4. The lowest BCUT2D eigenvalue weighted by atomic mass is 9.86. The Bertz CT molecular complexity index is 466. The van der Waals surface area contributed by atoms with Crippen LogP contribution in [0.1, 0.15) is 43.9 Å². The zero-order valence-electron chi connectivity index (χ0n) is 13.5. The summed E-state index contributed by atoms with van der Waals surface area (Å²) >= 11 is 0. The summed E-state index contributed by atoms with van der Waals surface area (Å²) in [6.07, 6.45) is 2.85. The van der Waals surface area contributed by atoms with Crippen molar-refractivity contribution in [3.05, 3.63) is 35.4 Å². The Morgan fingerprint density at radius 2 is 1.95 bits per heavy atom. The number of amides is 1. The van der Waals surface area contributed by atoms with E-state index < -0.39 is 0 Å². The molecule has 4 heteroatoms. The molecule has 1 aliphatic rings. The molecule has 0 aromatic heterocycles. The van der Waals surface area contributed by atoms with Gasteiger partial charge in [-0.1, -0.05) is 38.1 Å². The van der Waals surface area contributed by atoms with E-state index in [1.807, 2.05) is 31.2 Å². The standard InChI is InChI=1S/C18H27NO3/c1-3-14-4-6-16(7-5-14)17(12-20)19-18(21)13(2)15-8-10-22-11-9-15/h4-7,13,15,17,20H,3,8-12H2,1-2H3,(H,19,21). The molecular formula is C18H27NO3. The van der Waals surface area contributed by atoms with Crippen LogP contribution in [0.5, 0.6) is 0 Å². The van der Waals surface area contributed by atoms with E-state index in [0.29, 0.717) is 5.92 Å². The van der Waals surface area contributed by atoms with E-state index >= 15 is 0 Å². The van der Waals surface area contributed by atoms with Gasteiger partial charge in [0.15, 0.2) is 0 Å². The summed E-state index contributed by atoms with van der Waals surface area (Å²) in [5, 5.41) is 12.6. The molecule has 1 saturated heterocycles. The summed E-state index contributed by atoms with van der Waals surface area (Å²) in [6.45, 7) is 5.47. The van der Waals surface area contributed by atoms with E-state index in [2.05, 4.69) is 12.2 Å². The van der Waals surface area contributed by atoms with Crippen LogP contribution in [-0.2, 0) is 16.0 Å². The van der Waals surface area contributed by atoms with Crippen molar-refractivity contribution in [2.45, 2.75) is 39.2 Å². The van der Waals surface area contributed by atoms with E-state index in [-0.39, 0.29) is 24.5 Å². The Morgan fingerprint density at radius 3 is 2.50 bits per heavy atom. The number of benzene rings is 1. The Labute approximate surface area is 132 Å². The fraction of sp³-hybridized carbons (Fsp3) is 0.611. The van der Waals surface area contributed by atoms with Crippen molar-refractivity contribution in [3.63, 3.8) is 0 Å². The van der Waals surface area contributed by atoms with Crippen molar-refractivity contribution >= 4 is 5.91 Å². The second kappa shape index (κ2) is 8.30. The van der Waals surface area contributed by atoms with Crippen LogP contribution in [-0.4, -0.2) is 30.8 Å². The predicted molar refractivity (Wildman–Crippen MR) is 86.5 cm³/mol. The van der Waals surface area contributed by atoms with E-state index in [4.69, 9.17) is 4.74 Å². The third kappa shape index (κ3) is 4.31. The Morgan fingerprint density at radius 1 is 1.32 bits per heavy atom. The number of aryl methyl sites for hydroxylation is 1. The first kappa shape index (κ1) is 17.0. The highest BCUT2D eigenvalue weighted by Gasteiger charge is 2.27. The minimum Gasteiger partial charge on any atom is -0.394 e. The lowest BCUT2D eigenvalue weighted by molar-refractivity contribution is -0.128. The maximum atomic E-state index is 12.4. The van der Waals surface area contributed by atoms with Gasteiger partial charge in [-0.3, -0.25) is 4.79 Å². The number of ether oxygens (including phenoxy) is 1. The SMILES string of the molecule is CCc1ccc(C(CO)NC(=O)C(C)C2CCOCC2)cc1. The van der Waals surface area contributed by atoms with Crippen molar-refractivity contribution in [1.82, 2.24) is 5.32 Å². The summed E-state index contributed by atoms with van der Waals surface area (Å²) in [5.41, 5.74) is 2.20. The molecule has 1 fully saturated rings. The van der Waals surface area contributed by atoms with Gasteiger partial charge in [0.2, 0.25) is 5.91 Å². The summed E-state index contributed by atoms with van der Waals surface area (Å²) in [7, 11) is 0. The van der Waals surface area contributed by atoms with E-state index in [9.17, 15) is 9.90 Å². The summed E-state index contributed by atoms with van der Waals surface area (Å²) in [5.74, 6) is 0.342. The third-order valence-corrected chi connectivity index (χ3v) is 4.68. The molecule has 1 aromatic carbocycles. The number of aliphatic hydroxyl groups excluding tert-OH is 1. The summed E-state index contributed by atoms with van der Waals surface area (Å²) in [4.78, 5) is 12.4. The van der Waals surface area contributed by atoms with Gasteiger partial charge < -0.3 is 15.2 Å². The van der Waals surface area contributed by atoms with E-state index in [1.54, 1.807) is 0 Å². The average Bonchev–Trinajstić information content (AvgIpc) is 2.59. The number of nitrogens with one attached hydrogen (secondary N) is 1. The average molecular weight is 305 g/mol. The highest BCUT2D eigenvalue weighted by Crippen LogP contribution is 2.24. The van der Waals surface area contributed by atoms with Gasteiger partial charge in [0.05, 0.1) is 12.6 Å². The van der Waals surface area contributed by atoms with Crippen LogP contribution in [0, 0.1) is 11.8 Å². The van der Waals surface area contributed by atoms with Gasteiger partial charge in [-0.05, 0) is 36.3 Å². The van der Waals surface area contributed by atoms with Crippen LogP contribution < -0.4 is 5.32 Å².